The molecule has 3 aromatic heterocycles. The summed E-state index contributed by atoms with van der Waals surface area (Å²) in [6, 6.07) is 12.6. The van der Waals surface area contributed by atoms with Crippen LogP contribution >= 0.6 is 0 Å². The van der Waals surface area contributed by atoms with Gasteiger partial charge in [0.15, 0.2) is 5.69 Å². The lowest BCUT2D eigenvalue weighted by atomic mass is 10.0. The maximum Gasteiger partial charge on any atom is 0.358 e. The smallest absolute Gasteiger partial charge is 0.358 e. The zero-order valence-corrected chi connectivity index (χ0v) is 18.4. The van der Waals surface area contributed by atoms with Gasteiger partial charge in [-0.2, -0.15) is 0 Å². The average Bonchev–Trinajstić information content (AvgIpc) is 3.41. The summed E-state index contributed by atoms with van der Waals surface area (Å²) in [5.41, 5.74) is 5.82. The van der Waals surface area contributed by atoms with E-state index in [4.69, 9.17) is 9.72 Å². The van der Waals surface area contributed by atoms with Gasteiger partial charge in [0.2, 0.25) is 0 Å². The van der Waals surface area contributed by atoms with Gasteiger partial charge in [0, 0.05) is 47.3 Å². The maximum atomic E-state index is 14.4. The van der Waals surface area contributed by atoms with Crippen LogP contribution in [0, 0.1) is 5.82 Å². The molecule has 1 aliphatic heterocycles. The van der Waals surface area contributed by atoms with Gasteiger partial charge in [0.25, 0.3) is 0 Å². The van der Waals surface area contributed by atoms with E-state index < -0.39 is 5.97 Å². The highest BCUT2D eigenvalue weighted by Crippen LogP contribution is 2.35. The number of nitrogens with zero attached hydrogens (tertiary/aromatic N) is 4. The van der Waals surface area contributed by atoms with Crippen molar-refractivity contribution in [3.63, 3.8) is 0 Å². The fourth-order valence-corrected chi connectivity index (χ4v) is 4.55. The van der Waals surface area contributed by atoms with Crippen LogP contribution in [-0.4, -0.2) is 37.1 Å². The van der Waals surface area contributed by atoms with Gasteiger partial charge in [0.1, 0.15) is 18.0 Å². The van der Waals surface area contributed by atoms with Crippen molar-refractivity contribution in [1.29, 1.82) is 0 Å². The molecule has 0 radical (unpaired) electrons. The molecule has 6 rings (SSSR count). The minimum atomic E-state index is -0.486. The third-order valence-corrected chi connectivity index (χ3v) is 6.10. The molecule has 168 valence electrons. The Balaban J connectivity index is 1.48. The number of ether oxygens (including phenoxy) is 1. The van der Waals surface area contributed by atoms with E-state index in [1.54, 1.807) is 25.5 Å². The summed E-state index contributed by atoms with van der Waals surface area (Å²) in [6.45, 7) is 2.01. The van der Waals surface area contributed by atoms with Crippen molar-refractivity contribution in [3.05, 3.63) is 95.3 Å². The lowest BCUT2D eigenvalue weighted by molar-refractivity contribution is 0.0519. The second-order valence-electron chi connectivity index (χ2n) is 8.16. The van der Waals surface area contributed by atoms with Crippen LogP contribution < -0.4 is 0 Å². The van der Waals surface area contributed by atoms with Crippen LogP contribution in [0.15, 0.2) is 61.2 Å². The highest BCUT2D eigenvalue weighted by Gasteiger charge is 2.27. The molecule has 34 heavy (non-hydrogen) atoms. The van der Waals surface area contributed by atoms with Crippen LogP contribution in [0.25, 0.3) is 27.8 Å². The van der Waals surface area contributed by atoms with Gasteiger partial charge in [-0.25, -0.2) is 24.1 Å². The molecule has 8 heteroatoms. The first-order chi connectivity index (χ1) is 16.6. The number of fused-ring (bicyclic) bond motifs is 6. The monoisotopic (exact) mass is 453 g/mol. The number of imidazole rings is 1. The number of hydrogen-bond acceptors (Lipinski definition) is 5. The van der Waals surface area contributed by atoms with E-state index in [2.05, 4.69) is 21.0 Å². The predicted octanol–water partition coefficient (Wildman–Crippen LogP) is 4.62. The van der Waals surface area contributed by atoms with Crippen molar-refractivity contribution >= 4 is 16.9 Å². The van der Waals surface area contributed by atoms with Crippen LogP contribution in [0.3, 0.4) is 0 Å². The van der Waals surface area contributed by atoms with Gasteiger partial charge in [-0.05, 0) is 36.8 Å². The molecule has 4 heterocycles. The summed E-state index contributed by atoms with van der Waals surface area (Å²) in [5.74, 6) is -0.218. The molecule has 0 unspecified atom stereocenters. The number of benzene rings is 2. The highest BCUT2D eigenvalue weighted by molar-refractivity contribution is 5.90. The third kappa shape index (κ3) is 3.26. The fraction of sp³-hybridized carbons (Fsp3) is 0.154. The van der Waals surface area contributed by atoms with E-state index in [1.165, 1.54) is 12.1 Å². The number of rotatable bonds is 4. The Morgan fingerprint density at radius 1 is 1.21 bits per heavy atom. The average molecular weight is 453 g/mol. The van der Waals surface area contributed by atoms with Gasteiger partial charge in [-0.15, -0.1) is 0 Å². The van der Waals surface area contributed by atoms with E-state index in [-0.39, 0.29) is 18.1 Å². The molecule has 0 atom stereocenters. The van der Waals surface area contributed by atoms with E-state index in [0.29, 0.717) is 41.3 Å². The molecule has 0 saturated heterocycles. The van der Waals surface area contributed by atoms with Gasteiger partial charge in [-0.1, -0.05) is 18.2 Å². The SMILES string of the molecule is CCOC(=O)c1ncn2c1Cc1cnc(Cc3c[nH]c4ccccc34)nc1-c1cc(F)ccc1-2. The normalized spacial score (nSPS) is 12.1. The molecule has 0 fully saturated rings. The molecule has 0 aliphatic carbocycles. The minimum absolute atomic E-state index is 0.243. The summed E-state index contributed by atoms with van der Waals surface area (Å²) < 4.78 is 21.4. The first kappa shape index (κ1) is 20.3. The molecule has 1 aliphatic rings. The molecule has 5 aromatic rings. The van der Waals surface area contributed by atoms with Crippen molar-refractivity contribution in [2.75, 3.05) is 6.61 Å². The number of hydrogen-bond donors (Lipinski definition) is 1. The van der Waals surface area contributed by atoms with Crippen LogP contribution in [-0.2, 0) is 17.6 Å². The third-order valence-electron chi connectivity index (χ3n) is 6.10. The molecule has 0 spiro atoms. The van der Waals surface area contributed by atoms with Gasteiger partial charge in [0.05, 0.1) is 23.7 Å². The summed E-state index contributed by atoms with van der Waals surface area (Å²) in [7, 11) is 0. The second kappa shape index (κ2) is 7.91. The van der Waals surface area contributed by atoms with Crippen molar-refractivity contribution in [2.24, 2.45) is 0 Å². The molecular weight excluding hydrogens is 433 g/mol. The van der Waals surface area contributed by atoms with E-state index in [9.17, 15) is 9.18 Å². The number of esters is 1. The molecular formula is C26H20FN5O2. The van der Waals surface area contributed by atoms with E-state index >= 15 is 0 Å². The standard InChI is InChI=1S/C26H20FN5O2/c1-2-34-26(33)25-22-9-16-13-29-23(10-15-12-28-20-6-4-3-5-18(15)20)31-24(16)19-11-17(27)7-8-21(19)32(22)14-30-25/h3-8,11-14,28H,2,9-10H2,1H3. The number of aromatic amines is 1. The summed E-state index contributed by atoms with van der Waals surface area (Å²) in [4.78, 5) is 29.6. The Morgan fingerprint density at radius 3 is 2.97 bits per heavy atom. The number of H-pyrrole nitrogens is 1. The first-order valence-corrected chi connectivity index (χ1v) is 11.1. The van der Waals surface area contributed by atoms with Crippen LogP contribution in [0.5, 0.6) is 0 Å². The number of para-hydroxylation sites is 1. The Bertz CT molecular complexity index is 1570. The fourth-order valence-electron chi connectivity index (χ4n) is 4.55. The van der Waals surface area contributed by atoms with Crippen molar-refractivity contribution in [2.45, 2.75) is 19.8 Å². The van der Waals surface area contributed by atoms with E-state index in [0.717, 1.165) is 22.0 Å². The Hall–Kier alpha value is -4.33. The van der Waals surface area contributed by atoms with E-state index in [1.807, 2.05) is 29.0 Å². The Kier molecular flexibility index (Phi) is 4.72. The van der Waals surface area contributed by atoms with Gasteiger partial charge < -0.3 is 14.3 Å². The molecule has 2 aromatic carbocycles. The zero-order valence-electron chi connectivity index (χ0n) is 18.4. The number of nitrogens with one attached hydrogen (secondary N) is 1. The van der Waals surface area contributed by atoms with Gasteiger partial charge in [-0.3, -0.25) is 0 Å². The quantitative estimate of drug-likeness (QED) is 0.394. The van der Waals surface area contributed by atoms with Gasteiger partial charge >= 0.3 is 5.97 Å². The molecule has 1 N–H and O–H groups in total. The summed E-state index contributed by atoms with van der Waals surface area (Å²) in [5, 5.41) is 1.12. The first-order valence-electron chi connectivity index (χ1n) is 11.1. The molecule has 0 amide bonds. The number of aromatic nitrogens is 5. The number of carbonyl (C=O) groups excluding carboxylic acids is 1. The number of carbonyl (C=O) groups is 1. The second-order valence-corrected chi connectivity index (χ2v) is 8.16. The lowest BCUT2D eigenvalue weighted by Gasteiger charge is -2.11. The molecule has 7 nitrogen and oxygen atoms in total. The highest BCUT2D eigenvalue weighted by atomic mass is 19.1. The van der Waals surface area contributed by atoms with Crippen LogP contribution in [0.2, 0.25) is 0 Å². The Labute approximate surface area is 194 Å². The zero-order chi connectivity index (χ0) is 23.2. The van der Waals surface area contributed by atoms with Crippen LogP contribution in [0.4, 0.5) is 4.39 Å². The molecule has 0 saturated carbocycles. The molecule has 0 bridgehead atoms. The van der Waals surface area contributed by atoms with Crippen molar-refractivity contribution in [1.82, 2.24) is 24.5 Å². The largest absolute Gasteiger partial charge is 0.461 e. The number of halogens is 1. The minimum Gasteiger partial charge on any atom is -0.461 e. The van der Waals surface area contributed by atoms with Crippen LogP contribution in [0.1, 0.15) is 40.1 Å². The Morgan fingerprint density at radius 2 is 2.09 bits per heavy atom. The summed E-state index contributed by atoms with van der Waals surface area (Å²) >= 11 is 0. The van der Waals surface area contributed by atoms with Crippen molar-refractivity contribution in [3.8, 4) is 16.9 Å². The topological polar surface area (TPSA) is 85.7 Å². The van der Waals surface area contributed by atoms with Crippen molar-refractivity contribution < 1.29 is 13.9 Å². The maximum absolute atomic E-state index is 14.4. The lowest BCUT2D eigenvalue weighted by Crippen LogP contribution is -2.10. The summed E-state index contributed by atoms with van der Waals surface area (Å²) in [6.07, 6.45) is 6.20. The predicted molar refractivity (Wildman–Crippen MR) is 124 cm³/mol.